The zero-order chi connectivity index (χ0) is 16.9. The van der Waals surface area contributed by atoms with Crippen molar-refractivity contribution in [3.63, 3.8) is 0 Å². The SMILES string of the molecule is O=C(Nc1ccc(OCc2ccccc2F)cc1)C1CC(O)CN1. The first-order valence-electron chi connectivity index (χ1n) is 7.80. The van der Waals surface area contributed by atoms with E-state index >= 15 is 0 Å². The molecule has 126 valence electrons. The fraction of sp³-hybridized carbons (Fsp3) is 0.278. The van der Waals surface area contributed by atoms with Crippen molar-refractivity contribution in [2.24, 2.45) is 0 Å². The van der Waals surface area contributed by atoms with Gasteiger partial charge in [0.1, 0.15) is 18.2 Å². The summed E-state index contributed by atoms with van der Waals surface area (Å²) in [5, 5.41) is 15.2. The average molecular weight is 330 g/mol. The molecule has 2 unspecified atom stereocenters. The Balaban J connectivity index is 1.53. The maximum atomic E-state index is 13.5. The molecule has 1 heterocycles. The quantitative estimate of drug-likeness (QED) is 0.785. The predicted octanol–water partition coefficient (Wildman–Crippen LogP) is 2.07. The third-order valence-electron chi connectivity index (χ3n) is 3.90. The maximum absolute atomic E-state index is 13.5. The third kappa shape index (κ3) is 4.10. The van der Waals surface area contributed by atoms with Crippen LogP contribution in [0, 0.1) is 5.82 Å². The number of benzene rings is 2. The highest BCUT2D eigenvalue weighted by atomic mass is 19.1. The lowest BCUT2D eigenvalue weighted by Gasteiger charge is -2.12. The Hall–Kier alpha value is -2.44. The number of hydrogen-bond donors (Lipinski definition) is 3. The first-order chi connectivity index (χ1) is 11.6. The molecule has 0 aliphatic carbocycles. The largest absolute Gasteiger partial charge is 0.489 e. The van der Waals surface area contributed by atoms with Gasteiger partial charge in [-0.15, -0.1) is 0 Å². The molecular weight excluding hydrogens is 311 g/mol. The van der Waals surface area contributed by atoms with Gasteiger partial charge in [-0.3, -0.25) is 4.79 Å². The van der Waals surface area contributed by atoms with Gasteiger partial charge in [0.05, 0.1) is 12.1 Å². The molecule has 1 amide bonds. The van der Waals surface area contributed by atoms with Gasteiger partial charge in [-0.25, -0.2) is 4.39 Å². The molecule has 0 bridgehead atoms. The summed E-state index contributed by atoms with van der Waals surface area (Å²) in [6, 6.07) is 13.0. The summed E-state index contributed by atoms with van der Waals surface area (Å²) in [5.74, 6) is 0.116. The number of carbonyl (C=O) groups is 1. The third-order valence-corrected chi connectivity index (χ3v) is 3.90. The smallest absolute Gasteiger partial charge is 0.241 e. The van der Waals surface area contributed by atoms with Crippen LogP contribution < -0.4 is 15.4 Å². The van der Waals surface area contributed by atoms with Crippen molar-refractivity contribution in [3.8, 4) is 5.75 Å². The summed E-state index contributed by atoms with van der Waals surface area (Å²) >= 11 is 0. The molecule has 5 nitrogen and oxygen atoms in total. The van der Waals surface area contributed by atoms with Gasteiger partial charge in [0.2, 0.25) is 5.91 Å². The van der Waals surface area contributed by atoms with Crippen LogP contribution in [0.5, 0.6) is 5.75 Å². The Kier molecular flexibility index (Phi) is 5.08. The minimum atomic E-state index is -0.477. The van der Waals surface area contributed by atoms with Gasteiger partial charge in [0.15, 0.2) is 0 Å². The number of anilines is 1. The summed E-state index contributed by atoms with van der Waals surface area (Å²) in [6.07, 6.45) is -0.0646. The zero-order valence-electron chi connectivity index (χ0n) is 13.0. The predicted molar refractivity (Wildman–Crippen MR) is 88.2 cm³/mol. The number of rotatable bonds is 5. The molecule has 1 aliphatic rings. The minimum Gasteiger partial charge on any atom is -0.489 e. The molecule has 2 aromatic rings. The standard InChI is InChI=1S/C18H19FN2O3/c19-16-4-2-1-3-12(16)11-24-15-7-5-13(6-8-15)21-18(23)17-9-14(22)10-20-17/h1-8,14,17,20,22H,9-11H2,(H,21,23). The molecule has 0 saturated carbocycles. The maximum Gasteiger partial charge on any atom is 0.241 e. The second kappa shape index (κ2) is 7.42. The van der Waals surface area contributed by atoms with E-state index in [1.54, 1.807) is 42.5 Å². The number of aliphatic hydroxyl groups is 1. The highest BCUT2D eigenvalue weighted by molar-refractivity contribution is 5.95. The fourth-order valence-corrected chi connectivity index (χ4v) is 2.56. The Bertz CT molecular complexity index is 706. The lowest BCUT2D eigenvalue weighted by molar-refractivity contribution is -0.117. The van der Waals surface area contributed by atoms with E-state index in [0.29, 0.717) is 30.0 Å². The number of nitrogens with one attached hydrogen (secondary N) is 2. The van der Waals surface area contributed by atoms with Crippen molar-refractivity contribution in [3.05, 3.63) is 59.9 Å². The van der Waals surface area contributed by atoms with Crippen LogP contribution in [0.15, 0.2) is 48.5 Å². The first kappa shape index (κ1) is 16.4. The number of aliphatic hydroxyl groups excluding tert-OH is 1. The van der Waals surface area contributed by atoms with Crippen molar-refractivity contribution < 1.29 is 19.0 Å². The molecule has 2 atom stereocenters. The molecular formula is C18H19FN2O3. The van der Waals surface area contributed by atoms with Gasteiger partial charge in [-0.1, -0.05) is 18.2 Å². The van der Waals surface area contributed by atoms with E-state index in [1.807, 2.05) is 0 Å². The topological polar surface area (TPSA) is 70.6 Å². The van der Waals surface area contributed by atoms with E-state index in [0.717, 1.165) is 0 Å². The van der Waals surface area contributed by atoms with Crippen LogP contribution in [-0.2, 0) is 11.4 Å². The number of β-amino-alcohol motifs (C(OH)–C–C–N with tert-alkyl or cyclic N) is 1. The summed E-state index contributed by atoms with van der Waals surface area (Å²) < 4.78 is 19.1. The summed E-state index contributed by atoms with van der Waals surface area (Å²) in [4.78, 5) is 12.0. The first-order valence-corrected chi connectivity index (χ1v) is 7.80. The van der Waals surface area contributed by atoms with E-state index in [4.69, 9.17) is 4.74 Å². The molecule has 3 rings (SSSR count). The van der Waals surface area contributed by atoms with Crippen molar-refractivity contribution in [1.29, 1.82) is 0 Å². The molecule has 2 aromatic carbocycles. The van der Waals surface area contributed by atoms with Gasteiger partial charge in [0.25, 0.3) is 0 Å². The second-order valence-corrected chi connectivity index (χ2v) is 5.74. The van der Waals surface area contributed by atoms with Crippen molar-refractivity contribution in [2.75, 3.05) is 11.9 Å². The molecule has 0 aromatic heterocycles. The Morgan fingerprint density at radius 2 is 2.00 bits per heavy atom. The van der Waals surface area contributed by atoms with E-state index in [2.05, 4.69) is 10.6 Å². The van der Waals surface area contributed by atoms with Crippen LogP contribution in [0.3, 0.4) is 0 Å². The molecule has 6 heteroatoms. The molecule has 1 saturated heterocycles. The summed E-state index contributed by atoms with van der Waals surface area (Å²) in [6.45, 7) is 0.573. The average Bonchev–Trinajstić information content (AvgIpc) is 3.02. The van der Waals surface area contributed by atoms with Crippen LogP contribution in [0.1, 0.15) is 12.0 Å². The van der Waals surface area contributed by atoms with Crippen LogP contribution in [0.25, 0.3) is 0 Å². The molecule has 3 N–H and O–H groups in total. The van der Waals surface area contributed by atoms with E-state index < -0.39 is 6.10 Å². The number of amides is 1. The zero-order valence-corrected chi connectivity index (χ0v) is 13.0. The highest BCUT2D eigenvalue weighted by Crippen LogP contribution is 2.18. The van der Waals surface area contributed by atoms with Crippen LogP contribution >= 0.6 is 0 Å². The van der Waals surface area contributed by atoms with Gasteiger partial charge in [-0.05, 0) is 36.8 Å². The van der Waals surface area contributed by atoms with Crippen LogP contribution in [0.4, 0.5) is 10.1 Å². The fourth-order valence-electron chi connectivity index (χ4n) is 2.56. The second-order valence-electron chi connectivity index (χ2n) is 5.74. The lowest BCUT2D eigenvalue weighted by atomic mass is 10.2. The Morgan fingerprint density at radius 1 is 1.25 bits per heavy atom. The van der Waals surface area contributed by atoms with Crippen molar-refractivity contribution in [2.45, 2.75) is 25.2 Å². The molecule has 0 spiro atoms. The monoisotopic (exact) mass is 330 g/mol. The van der Waals surface area contributed by atoms with Crippen molar-refractivity contribution >= 4 is 11.6 Å². The van der Waals surface area contributed by atoms with Gasteiger partial charge < -0.3 is 20.5 Å². The van der Waals surface area contributed by atoms with Crippen molar-refractivity contribution in [1.82, 2.24) is 5.32 Å². The highest BCUT2D eigenvalue weighted by Gasteiger charge is 2.27. The number of carbonyl (C=O) groups excluding carboxylic acids is 1. The van der Waals surface area contributed by atoms with Gasteiger partial charge >= 0.3 is 0 Å². The van der Waals surface area contributed by atoms with E-state index in [-0.39, 0.29) is 24.4 Å². The normalized spacial score (nSPS) is 19.9. The number of hydrogen-bond acceptors (Lipinski definition) is 4. The summed E-state index contributed by atoms with van der Waals surface area (Å²) in [7, 11) is 0. The molecule has 0 radical (unpaired) electrons. The minimum absolute atomic E-state index is 0.141. The Labute approximate surface area is 139 Å². The summed E-state index contributed by atoms with van der Waals surface area (Å²) in [5.41, 5.74) is 1.13. The van der Waals surface area contributed by atoms with Gasteiger partial charge in [0, 0.05) is 17.8 Å². The Morgan fingerprint density at radius 3 is 2.67 bits per heavy atom. The molecule has 1 aliphatic heterocycles. The lowest BCUT2D eigenvalue weighted by Crippen LogP contribution is -2.35. The van der Waals surface area contributed by atoms with E-state index in [9.17, 15) is 14.3 Å². The molecule has 1 fully saturated rings. The van der Waals surface area contributed by atoms with Gasteiger partial charge in [-0.2, -0.15) is 0 Å². The van der Waals surface area contributed by atoms with Crippen LogP contribution in [-0.4, -0.2) is 29.7 Å². The number of ether oxygens (including phenoxy) is 1. The molecule has 24 heavy (non-hydrogen) atoms. The number of halogens is 1. The van der Waals surface area contributed by atoms with Crippen LogP contribution in [0.2, 0.25) is 0 Å². The van der Waals surface area contributed by atoms with E-state index in [1.165, 1.54) is 6.07 Å².